The van der Waals surface area contributed by atoms with Crippen molar-refractivity contribution in [2.75, 3.05) is 19.7 Å². The molecule has 0 bridgehead atoms. The number of carbonyl (C=O) groups is 1. The summed E-state index contributed by atoms with van der Waals surface area (Å²) in [5.41, 5.74) is 0.963. The zero-order valence-corrected chi connectivity index (χ0v) is 11.7. The maximum atomic E-state index is 11.6. The minimum atomic E-state index is -0.249. The Morgan fingerprint density at radius 1 is 1.60 bits per heavy atom. The molecule has 1 aliphatic heterocycles. The van der Waals surface area contributed by atoms with Crippen LogP contribution in [0.1, 0.15) is 31.2 Å². The van der Waals surface area contributed by atoms with Gasteiger partial charge < -0.3 is 9.64 Å². The van der Waals surface area contributed by atoms with E-state index < -0.39 is 0 Å². The molecule has 5 heteroatoms. The van der Waals surface area contributed by atoms with Crippen LogP contribution in [0, 0.1) is 17.2 Å². The fraction of sp³-hybridized carbons (Fsp3) is 0.533. The number of pyridine rings is 1. The van der Waals surface area contributed by atoms with Crippen LogP contribution < -0.4 is 0 Å². The SMILES string of the molecule is CCOC(=O)N1CCC([C@@H](C#N)c2cccnc2)CC1. The van der Waals surface area contributed by atoms with Crippen molar-refractivity contribution in [3.05, 3.63) is 30.1 Å². The Morgan fingerprint density at radius 2 is 2.35 bits per heavy atom. The molecule has 2 heterocycles. The van der Waals surface area contributed by atoms with Gasteiger partial charge in [-0.1, -0.05) is 6.07 Å². The van der Waals surface area contributed by atoms with Gasteiger partial charge in [0.25, 0.3) is 0 Å². The minimum Gasteiger partial charge on any atom is -0.450 e. The molecule has 0 spiro atoms. The van der Waals surface area contributed by atoms with Crippen LogP contribution in [0.3, 0.4) is 0 Å². The lowest BCUT2D eigenvalue weighted by Crippen LogP contribution is -2.40. The molecule has 106 valence electrons. The van der Waals surface area contributed by atoms with Gasteiger partial charge in [-0.2, -0.15) is 5.26 Å². The van der Waals surface area contributed by atoms with Gasteiger partial charge in [-0.3, -0.25) is 4.98 Å². The standard InChI is InChI=1S/C15H19N3O2/c1-2-20-15(19)18-8-5-12(6-9-18)14(10-16)13-4-3-7-17-11-13/h3-4,7,11-12,14H,2,5-6,8-9H2,1H3/t14-/m1/s1. The normalized spacial score (nSPS) is 17.3. The first-order valence-electron chi connectivity index (χ1n) is 6.97. The molecule has 1 aromatic rings. The van der Waals surface area contributed by atoms with Crippen molar-refractivity contribution in [3.63, 3.8) is 0 Å². The molecule has 5 nitrogen and oxygen atoms in total. The van der Waals surface area contributed by atoms with E-state index in [2.05, 4.69) is 11.1 Å². The maximum Gasteiger partial charge on any atom is 0.409 e. The fourth-order valence-corrected chi connectivity index (χ4v) is 2.64. The van der Waals surface area contributed by atoms with Crippen LogP contribution in [0.4, 0.5) is 4.79 Å². The van der Waals surface area contributed by atoms with E-state index in [1.165, 1.54) is 0 Å². The zero-order chi connectivity index (χ0) is 14.4. The molecule has 0 aromatic carbocycles. The first-order chi connectivity index (χ1) is 9.76. The quantitative estimate of drug-likeness (QED) is 0.849. The Morgan fingerprint density at radius 3 is 2.90 bits per heavy atom. The summed E-state index contributed by atoms with van der Waals surface area (Å²) in [5.74, 6) is 0.128. The molecule has 0 N–H and O–H groups in total. The molecule has 20 heavy (non-hydrogen) atoms. The van der Waals surface area contributed by atoms with E-state index in [0.717, 1.165) is 18.4 Å². The average Bonchev–Trinajstić information content (AvgIpc) is 2.50. The molecular formula is C15H19N3O2. The Labute approximate surface area is 119 Å². The van der Waals surface area contributed by atoms with Crippen LogP contribution in [0.5, 0.6) is 0 Å². The number of nitriles is 1. The largest absolute Gasteiger partial charge is 0.450 e. The number of rotatable bonds is 3. The molecule has 1 aliphatic rings. The first-order valence-corrected chi connectivity index (χ1v) is 6.97. The zero-order valence-electron chi connectivity index (χ0n) is 11.7. The number of amides is 1. The van der Waals surface area contributed by atoms with Crippen LogP contribution >= 0.6 is 0 Å². The van der Waals surface area contributed by atoms with Gasteiger partial charge in [0.15, 0.2) is 0 Å². The average molecular weight is 273 g/mol. The van der Waals surface area contributed by atoms with Crippen molar-refractivity contribution in [2.45, 2.75) is 25.7 Å². The second-order valence-corrected chi connectivity index (χ2v) is 4.92. The third-order valence-corrected chi connectivity index (χ3v) is 3.72. The fourth-order valence-electron chi connectivity index (χ4n) is 2.64. The van der Waals surface area contributed by atoms with Gasteiger partial charge in [0.05, 0.1) is 18.6 Å². The van der Waals surface area contributed by atoms with E-state index in [1.54, 1.807) is 24.2 Å². The lowest BCUT2D eigenvalue weighted by atomic mass is 9.81. The van der Waals surface area contributed by atoms with E-state index in [1.807, 2.05) is 12.1 Å². The summed E-state index contributed by atoms with van der Waals surface area (Å²) in [6.45, 7) is 3.51. The van der Waals surface area contributed by atoms with E-state index in [-0.39, 0.29) is 17.9 Å². The highest BCUT2D eigenvalue weighted by Gasteiger charge is 2.29. The van der Waals surface area contributed by atoms with Gasteiger partial charge >= 0.3 is 6.09 Å². The number of nitrogens with zero attached hydrogens (tertiary/aromatic N) is 3. The lowest BCUT2D eigenvalue weighted by molar-refractivity contribution is 0.0906. The van der Waals surface area contributed by atoms with Crippen molar-refractivity contribution in [3.8, 4) is 6.07 Å². The number of hydrogen-bond acceptors (Lipinski definition) is 4. The number of ether oxygens (including phenoxy) is 1. The molecule has 1 fully saturated rings. The predicted molar refractivity (Wildman–Crippen MR) is 73.9 cm³/mol. The Balaban J connectivity index is 1.96. The third kappa shape index (κ3) is 3.27. The number of hydrogen-bond donors (Lipinski definition) is 0. The van der Waals surface area contributed by atoms with Crippen molar-refractivity contribution >= 4 is 6.09 Å². The second-order valence-electron chi connectivity index (χ2n) is 4.92. The third-order valence-electron chi connectivity index (χ3n) is 3.72. The van der Waals surface area contributed by atoms with Gasteiger partial charge in [0.2, 0.25) is 0 Å². The summed E-state index contributed by atoms with van der Waals surface area (Å²) in [6, 6.07) is 6.18. The number of aromatic nitrogens is 1. The maximum absolute atomic E-state index is 11.6. The van der Waals surface area contributed by atoms with Crippen LogP contribution in [0.2, 0.25) is 0 Å². The Bertz CT molecular complexity index is 476. The van der Waals surface area contributed by atoms with Gasteiger partial charge in [-0.05, 0) is 37.3 Å². The lowest BCUT2D eigenvalue weighted by Gasteiger charge is -2.33. The highest BCUT2D eigenvalue weighted by atomic mass is 16.6. The number of carbonyl (C=O) groups excluding carboxylic acids is 1. The van der Waals surface area contributed by atoms with Crippen LogP contribution in [0.15, 0.2) is 24.5 Å². The van der Waals surface area contributed by atoms with E-state index in [9.17, 15) is 10.1 Å². The number of likely N-dealkylation sites (tertiary alicyclic amines) is 1. The number of piperidine rings is 1. The Hall–Kier alpha value is -2.09. The molecule has 0 unspecified atom stereocenters. The summed E-state index contributed by atoms with van der Waals surface area (Å²) >= 11 is 0. The summed E-state index contributed by atoms with van der Waals surface area (Å²) in [4.78, 5) is 17.4. The van der Waals surface area contributed by atoms with Gasteiger partial charge in [0, 0.05) is 25.5 Å². The van der Waals surface area contributed by atoms with E-state index in [0.29, 0.717) is 19.7 Å². The molecule has 1 amide bonds. The molecule has 0 aliphatic carbocycles. The minimum absolute atomic E-state index is 0.145. The van der Waals surface area contributed by atoms with E-state index >= 15 is 0 Å². The molecular weight excluding hydrogens is 254 g/mol. The predicted octanol–water partition coefficient (Wildman–Crippen LogP) is 2.56. The second kappa shape index (κ2) is 6.90. The van der Waals surface area contributed by atoms with Crippen LogP contribution in [-0.4, -0.2) is 35.7 Å². The first kappa shape index (κ1) is 14.3. The van der Waals surface area contributed by atoms with Gasteiger partial charge in [-0.25, -0.2) is 4.79 Å². The topological polar surface area (TPSA) is 66.2 Å². The van der Waals surface area contributed by atoms with Crippen LogP contribution in [-0.2, 0) is 4.74 Å². The summed E-state index contributed by atoms with van der Waals surface area (Å²) in [6.07, 6.45) is 4.87. The van der Waals surface area contributed by atoms with Crippen molar-refractivity contribution < 1.29 is 9.53 Å². The monoisotopic (exact) mass is 273 g/mol. The Kier molecular flexibility index (Phi) is 4.94. The highest BCUT2D eigenvalue weighted by molar-refractivity contribution is 5.67. The molecule has 2 rings (SSSR count). The smallest absolute Gasteiger partial charge is 0.409 e. The summed E-state index contributed by atoms with van der Waals surface area (Å²) < 4.78 is 5.00. The van der Waals surface area contributed by atoms with Gasteiger partial charge in [0.1, 0.15) is 0 Å². The molecule has 0 saturated carbocycles. The van der Waals surface area contributed by atoms with Crippen LogP contribution in [0.25, 0.3) is 0 Å². The van der Waals surface area contributed by atoms with Crippen molar-refractivity contribution in [2.24, 2.45) is 5.92 Å². The van der Waals surface area contributed by atoms with Crippen molar-refractivity contribution in [1.29, 1.82) is 5.26 Å². The summed E-state index contributed by atoms with van der Waals surface area (Å²) in [5, 5.41) is 9.41. The molecule has 1 saturated heterocycles. The molecule has 1 aromatic heterocycles. The molecule has 1 atom stereocenters. The van der Waals surface area contributed by atoms with Crippen molar-refractivity contribution in [1.82, 2.24) is 9.88 Å². The molecule has 0 radical (unpaired) electrons. The summed E-state index contributed by atoms with van der Waals surface area (Å²) in [7, 11) is 0. The van der Waals surface area contributed by atoms with E-state index in [4.69, 9.17) is 4.74 Å². The highest BCUT2D eigenvalue weighted by Crippen LogP contribution is 2.32. The van der Waals surface area contributed by atoms with Gasteiger partial charge in [-0.15, -0.1) is 0 Å².